The summed E-state index contributed by atoms with van der Waals surface area (Å²) in [6.07, 6.45) is 8.48. The first-order valence-corrected chi connectivity index (χ1v) is 8.28. The molecule has 0 aliphatic carbocycles. The van der Waals surface area contributed by atoms with E-state index in [0.717, 1.165) is 28.2 Å². The van der Waals surface area contributed by atoms with Crippen LogP contribution >= 0.6 is 0 Å². The van der Waals surface area contributed by atoms with Crippen LogP contribution in [0.5, 0.6) is 0 Å². The average Bonchev–Trinajstić information content (AvgIpc) is 2.76. The van der Waals surface area contributed by atoms with Crippen LogP contribution in [0, 0.1) is 12.3 Å². The molecule has 2 aromatic carbocycles. The minimum absolute atomic E-state index is 0.826. The van der Waals surface area contributed by atoms with Crippen molar-refractivity contribution in [1.82, 2.24) is 9.97 Å². The van der Waals surface area contributed by atoms with E-state index in [2.05, 4.69) is 28.0 Å². The molecule has 0 spiro atoms. The zero-order valence-electron chi connectivity index (χ0n) is 14.2. The second-order valence-corrected chi connectivity index (χ2v) is 5.48. The Morgan fingerprint density at radius 1 is 0.577 bits per heavy atom. The highest BCUT2D eigenvalue weighted by molar-refractivity contribution is 5.63. The predicted molar refractivity (Wildman–Crippen MR) is 106 cm³/mol. The predicted octanol–water partition coefficient (Wildman–Crippen LogP) is 5.44. The number of benzene rings is 2. The summed E-state index contributed by atoms with van der Waals surface area (Å²) < 4.78 is 0. The van der Waals surface area contributed by atoms with Crippen molar-refractivity contribution in [1.29, 1.82) is 0 Å². The molecule has 0 amide bonds. The second kappa shape index (κ2) is 8.96. The number of hydrogen-bond donors (Lipinski definition) is 0. The van der Waals surface area contributed by atoms with Gasteiger partial charge in [0, 0.05) is 11.8 Å². The van der Waals surface area contributed by atoms with Crippen molar-refractivity contribution in [2.24, 2.45) is 0 Å². The van der Waals surface area contributed by atoms with Gasteiger partial charge in [0.1, 0.15) is 0 Å². The molecule has 2 nitrogen and oxygen atoms in total. The Kier molecular flexibility index (Phi) is 5.90. The Hall–Kier alpha value is -3.70. The number of nitrogens with zero attached hydrogens (tertiary/aromatic N) is 2. The molecule has 4 aromatic rings. The van der Waals surface area contributed by atoms with Gasteiger partial charge in [0.15, 0.2) is 0 Å². The van der Waals surface area contributed by atoms with Gasteiger partial charge in [0.2, 0.25) is 0 Å². The highest BCUT2D eigenvalue weighted by Gasteiger charge is 2.02. The molecule has 0 unspecified atom stereocenters. The molecule has 0 saturated heterocycles. The molecule has 2 heteroatoms. The van der Waals surface area contributed by atoms with Crippen LogP contribution < -0.4 is 0 Å². The van der Waals surface area contributed by atoms with E-state index in [1.807, 2.05) is 84.9 Å². The summed E-state index contributed by atoms with van der Waals surface area (Å²) in [5.74, 6) is 2.28. The lowest BCUT2D eigenvalue weighted by Crippen LogP contribution is -1.89. The Bertz CT molecular complexity index is 918. The maximum atomic E-state index is 6.69. The zero-order valence-corrected chi connectivity index (χ0v) is 14.2. The van der Waals surface area contributed by atoms with Gasteiger partial charge < -0.3 is 6.42 Å². The van der Waals surface area contributed by atoms with Crippen LogP contribution in [-0.4, -0.2) is 9.97 Å². The quantitative estimate of drug-likeness (QED) is 0.361. The van der Waals surface area contributed by atoms with Crippen molar-refractivity contribution in [3.63, 3.8) is 0 Å². The molecule has 0 saturated carbocycles. The van der Waals surface area contributed by atoms with E-state index in [9.17, 15) is 0 Å². The smallest absolute Gasteiger partial charge is 0.0893 e. The fourth-order valence-electron chi connectivity index (χ4n) is 2.38. The van der Waals surface area contributed by atoms with Crippen molar-refractivity contribution < 1.29 is 0 Å². The molecular formula is C24H17N2-. The normalized spacial score (nSPS) is 9.50. The molecule has 0 radical (unpaired) electrons. The standard InChI is InChI=1S/C16H12N2.C8H5/c1-2-7-13(8-3-1)14-10-6-11-16(18-14)15-9-4-5-12-17-15;1-2-8-6-4-3-5-7-8/h1-12H;3-7H/q;-1. The third-order valence-electron chi connectivity index (χ3n) is 3.66. The number of aromatic nitrogens is 2. The fraction of sp³-hybridized carbons (Fsp3) is 0. The number of rotatable bonds is 2. The van der Waals surface area contributed by atoms with Gasteiger partial charge in [-0.3, -0.25) is 10.9 Å². The molecule has 0 fully saturated rings. The Morgan fingerprint density at radius 2 is 1.19 bits per heavy atom. The van der Waals surface area contributed by atoms with E-state index in [1.54, 1.807) is 6.20 Å². The minimum atomic E-state index is 0.826. The summed E-state index contributed by atoms with van der Waals surface area (Å²) in [6, 6.07) is 31.4. The van der Waals surface area contributed by atoms with E-state index in [-0.39, 0.29) is 0 Å². The van der Waals surface area contributed by atoms with Gasteiger partial charge in [-0.15, -0.1) is 17.7 Å². The molecule has 26 heavy (non-hydrogen) atoms. The first-order chi connectivity index (χ1) is 12.9. The number of pyridine rings is 2. The largest absolute Gasteiger partial charge is 0.366 e. The topological polar surface area (TPSA) is 25.8 Å². The van der Waals surface area contributed by atoms with E-state index < -0.39 is 0 Å². The van der Waals surface area contributed by atoms with E-state index in [0.29, 0.717) is 0 Å². The molecule has 0 bridgehead atoms. The summed E-state index contributed by atoms with van der Waals surface area (Å²) in [5, 5.41) is 0. The molecule has 2 heterocycles. The van der Waals surface area contributed by atoms with Crippen molar-refractivity contribution >= 4 is 0 Å². The highest BCUT2D eigenvalue weighted by Crippen LogP contribution is 2.20. The van der Waals surface area contributed by atoms with Gasteiger partial charge in [0.25, 0.3) is 0 Å². The molecule has 2 aromatic heterocycles. The number of hydrogen-bond acceptors (Lipinski definition) is 2. The molecule has 0 N–H and O–H groups in total. The summed E-state index contributed by atoms with van der Waals surface area (Å²) in [4.78, 5) is 8.97. The molecular weight excluding hydrogens is 316 g/mol. The Morgan fingerprint density at radius 3 is 1.81 bits per heavy atom. The molecule has 0 aliphatic heterocycles. The van der Waals surface area contributed by atoms with E-state index >= 15 is 0 Å². The molecule has 4 rings (SSSR count). The van der Waals surface area contributed by atoms with E-state index in [4.69, 9.17) is 6.42 Å². The first kappa shape index (κ1) is 17.1. The Balaban J connectivity index is 0.000000206. The van der Waals surface area contributed by atoms with Crippen molar-refractivity contribution in [3.8, 4) is 28.6 Å². The van der Waals surface area contributed by atoms with Gasteiger partial charge in [-0.25, -0.2) is 4.98 Å². The Labute approximate surface area is 154 Å². The SMILES string of the molecule is [C-]#Cc1ccccc1.c1ccc(-c2cccc(-c3ccccn3)n2)cc1. The van der Waals surface area contributed by atoms with E-state index in [1.165, 1.54) is 0 Å². The maximum Gasteiger partial charge on any atom is 0.0893 e. The van der Waals surface area contributed by atoms with Crippen LogP contribution in [0.3, 0.4) is 0 Å². The van der Waals surface area contributed by atoms with Gasteiger partial charge in [-0.1, -0.05) is 60.7 Å². The van der Waals surface area contributed by atoms with Crippen LogP contribution in [0.4, 0.5) is 0 Å². The summed E-state index contributed by atoms with van der Waals surface area (Å²) >= 11 is 0. The molecule has 124 valence electrons. The van der Waals surface area contributed by atoms with Crippen LogP contribution in [0.15, 0.2) is 103 Å². The van der Waals surface area contributed by atoms with Crippen molar-refractivity contribution in [2.75, 3.05) is 0 Å². The summed E-state index contributed by atoms with van der Waals surface area (Å²) in [6.45, 7) is 0. The van der Waals surface area contributed by atoms with Gasteiger partial charge in [-0.05, 0) is 24.3 Å². The van der Waals surface area contributed by atoms with Crippen molar-refractivity contribution in [3.05, 3.63) is 115 Å². The maximum absolute atomic E-state index is 6.69. The fourth-order valence-corrected chi connectivity index (χ4v) is 2.38. The summed E-state index contributed by atoms with van der Waals surface area (Å²) in [5.41, 5.74) is 4.72. The average molecular weight is 333 g/mol. The zero-order chi connectivity index (χ0) is 18.0. The third-order valence-corrected chi connectivity index (χ3v) is 3.66. The first-order valence-electron chi connectivity index (χ1n) is 8.28. The third kappa shape index (κ3) is 4.66. The van der Waals surface area contributed by atoms with Gasteiger partial charge in [0.05, 0.1) is 17.1 Å². The van der Waals surface area contributed by atoms with Crippen LogP contribution in [0.25, 0.3) is 22.6 Å². The lowest BCUT2D eigenvalue weighted by Gasteiger charge is -2.04. The monoisotopic (exact) mass is 333 g/mol. The lowest BCUT2D eigenvalue weighted by molar-refractivity contribution is 1.25. The second-order valence-electron chi connectivity index (χ2n) is 5.48. The van der Waals surface area contributed by atoms with Crippen LogP contribution in [-0.2, 0) is 0 Å². The van der Waals surface area contributed by atoms with Gasteiger partial charge >= 0.3 is 0 Å². The molecule has 0 aliphatic rings. The molecule has 0 atom stereocenters. The van der Waals surface area contributed by atoms with Gasteiger partial charge in [-0.2, -0.15) is 0 Å². The highest BCUT2D eigenvalue weighted by atomic mass is 14.8. The summed E-state index contributed by atoms with van der Waals surface area (Å²) in [7, 11) is 0. The van der Waals surface area contributed by atoms with Crippen LogP contribution in [0.2, 0.25) is 0 Å². The van der Waals surface area contributed by atoms with Crippen molar-refractivity contribution in [2.45, 2.75) is 0 Å². The minimum Gasteiger partial charge on any atom is -0.366 e. The lowest BCUT2D eigenvalue weighted by atomic mass is 10.1. The van der Waals surface area contributed by atoms with Crippen LogP contribution in [0.1, 0.15) is 5.56 Å².